The number of carbonyl (C=O) groups excluding carboxylic acids is 1. The van der Waals surface area contributed by atoms with Gasteiger partial charge >= 0.3 is 0 Å². The second-order valence-electron chi connectivity index (χ2n) is 1.79. The number of hydrogen-bond acceptors (Lipinski definition) is 4. The Balaban J connectivity index is 2.32. The van der Waals surface area contributed by atoms with Crippen molar-refractivity contribution in [3.05, 3.63) is 0 Å². The maximum Gasteiger partial charge on any atom is 0.152 e. The summed E-state index contributed by atoms with van der Waals surface area (Å²) in [6.07, 6.45) is 0.784. The van der Waals surface area contributed by atoms with E-state index in [-0.39, 0.29) is 12.3 Å². The zero-order chi connectivity index (χ0) is 5.98. The van der Waals surface area contributed by atoms with Gasteiger partial charge in [0.05, 0.1) is 6.17 Å². The van der Waals surface area contributed by atoms with Crippen LogP contribution in [-0.4, -0.2) is 18.6 Å². The number of hydrogen-bond donors (Lipinski definition) is 3. The van der Waals surface area contributed by atoms with E-state index in [0.29, 0.717) is 0 Å². The Morgan fingerprint density at radius 3 is 2.50 bits per heavy atom. The van der Waals surface area contributed by atoms with E-state index >= 15 is 0 Å². The van der Waals surface area contributed by atoms with E-state index in [0.717, 1.165) is 6.29 Å². The van der Waals surface area contributed by atoms with Gasteiger partial charge in [-0.1, -0.05) is 0 Å². The van der Waals surface area contributed by atoms with Gasteiger partial charge in [-0.25, -0.2) is 10.9 Å². The van der Waals surface area contributed by atoms with Crippen LogP contribution in [0.15, 0.2) is 0 Å². The average molecular weight is 115 g/mol. The van der Waals surface area contributed by atoms with Crippen molar-refractivity contribution in [2.45, 2.75) is 19.3 Å². The lowest BCUT2D eigenvalue weighted by molar-refractivity contribution is -0.109. The molecule has 0 aromatic rings. The predicted octanol–water partition coefficient (Wildman–Crippen LogP) is -1.45. The summed E-state index contributed by atoms with van der Waals surface area (Å²) in [6, 6.07) is 0. The first-order valence-corrected chi connectivity index (χ1v) is 2.55. The third-order valence-electron chi connectivity index (χ3n) is 1.02. The normalized spacial score (nSPS) is 37.6. The molecule has 0 aromatic heterocycles. The first-order valence-electron chi connectivity index (χ1n) is 2.55. The lowest BCUT2D eigenvalue weighted by Crippen LogP contribution is -2.34. The van der Waals surface area contributed by atoms with Crippen molar-refractivity contribution < 1.29 is 4.79 Å². The Bertz CT molecular complexity index is 95.3. The van der Waals surface area contributed by atoms with Gasteiger partial charge in [0.15, 0.2) is 6.29 Å². The van der Waals surface area contributed by atoms with Crippen molar-refractivity contribution in [2.75, 3.05) is 0 Å². The van der Waals surface area contributed by atoms with Crippen molar-refractivity contribution in [1.82, 2.24) is 16.2 Å². The number of aldehydes is 1. The molecule has 3 N–H and O–H groups in total. The minimum atomic E-state index is -0.218. The van der Waals surface area contributed by atoms with E-state index in [4.69, 9.17) is 0 Å². The summed E-state index contributed by atoms with van der Waals surface area (Å²) in [5.74, 6) is 0. The van der Waals surface area contributed by atoms with Crippen LogP contribution in [0.5, 0.6) is 0 Å². The molecule has 1 saturated heterocycles. The lowest BCUT2D eigenvalue weighted by atomic mass is 10.5. The molecule has 46 valence electrons. The van der Waals surface area contributed by atoms with Gasteiger partial charge in [-0.2, -0.15) is 0 Å². The highest BCUT2D eigenvalue weighted by atomic mass is 16.1. The summed E-state index contributed by atoms with van der Waals surface area (Å²) in [5, 5.41) is 2.91. The van der Waals surface area contributed by atoms with Gasteiger partial charge in [-0.15, -0.1) is 0 Å². The Morgan fingerprint density at radius 2 is 2.25 bits per heavy atom. The first-order chi connectivity index (χ1) is 3.83. The highest BCUT2D eigenvalue weighted by Gasteiger charge is 2.16. The highest BCUT2D eigenvalue weighted by Crippen LogP contribution is 1.82. The third kappa shape index (κ3) is 1.03. The van der Waals surface area contributed by atoms with Crippen LogP contribution >= 0.6 is 0 Å². The summed E-state index contributed by atoms with van der Waals surface area (Å²) in [5.41, 5.74) is 5.55. The molecule has 2 atom stereocenters. The fourth-order valence-electron chi connectivity index (χ4n) is 0.641. The summed E-state index contributed by atoms with van der Waals surface area (Å²) in [6.45, 7) is 1.93. The molecular weight excluding hydrogens is 106 g/mol. The number of rotatable bonds is 1. The van der Waals surface area contributed by atoms with Crippen LogP contribution in [0.1, 0.15) is 6.92 Å². The molecule has 0 aromatic carbocycles. The van der Waals surface area contributed by atoms with Crippen molar-refractivity contribution in [3.8, 4) is 0 Å². The second-order valence-corrected chi connectivity index (χ2v) is 1.79. The largest absolute Gasteiger partial charge is 0.300 e. The fraction of sp³-hybridized carbons (Fsp3) is 0.750. The molecule has 1 rings (SSSR count). The SMILES string of the molecule is CC1NNC(C=O)N1. The molecule has 0 amide bonds. The van der Waals surface area contributed by atoms with E-state index in [2.05, 4.69) is 16.2 Å². The Hall–Kier alpha value is -0.450. The molecule has 0 aliphatic carbocycles. The number of hydrazine groups is 1. The molecule has 1 fully saturated rings. The van der Waals surface area contributed by atoms with Crippen LogP contribution < -0.4 is 16.2 Å². The molecule has 2 unspecified atom stereocenters. The molecule has 0 radical (unpaired) electrons. The Morgan fingerprint density at radius 1 is 1.50 bits per heavy atom. The summed E-state index contributed by atoms with van der Waals surface area (Å²) in [7, 11) is 0. The molecule has 0 saturated carbocycles. The summed E-state index contributed by atoms with van der Waals surface area (Å²) < 4.78 is 0. The van der Waals surface area contributed by atoms with Crippen molar-refractivity contribution in [2.24, 2.45) is 0 Å². The average Bonchev–Trinajstić information content (AvgIpc) is 2.14. The number of nitrogens with one attached hydrogen (secondary N) is 3. The molecule has 4 nitrogen and oxygen atoms in total. The molecule has 8 heavy (non-hydrogen) atoms. The Labute approximate surface area is 47.6 Å². The van der Waals surface area contributed by atoms with Gasteiger partial charge in [0.1, 0.15) is 6.17 Å². The molecule has 0 spiro atoms. The predicted molar refractivity (Wildman–Crippen MR) is 28.7 cm³/mol. The Kier molecular flexibility index (Phi) is 1.57. The molecular formula is C4H9N3O. The zero-order valence-corrected chi connectivity index (χ0v) is 4.64. The van der Waals surface area contributed by atoms with Gasteiger partial charge in [-0.3, -0.25) is 5.32 Å². The maximum atomic E-state index is 9.99. The monoisotopic (exact) mass is 115 g/mol. The van der Waals surface area contributed by atoms with Crippen LogP contribution in [0.4, 0.5) is 0 Å². The molecule has 1 aliphatic rings. The van der Waals surface area contributed by atoms with Crippen molar-refractivity contribution in [3.63, 3.8) is 0 Å². The molecule has 0 bridgehead atoms. The standard InChI is InChI=1S/C4H9N3O/c1-3-5-4(2-8)7-6-3/h2-7H,1H3. The van der Waals surface area contributed by atoms with E-state index in [1.807, 2.05) is 6.92 Å². The fourth-order valence-corrected chi connectivity index (χ4v) is 0.641. The molecule has 1 aliphatic heterocycles. The summed E-state index contributed by atoms with van der Waals surface area (Å²) >= 11 is 0. The van der Waals surface area contributed by atoms with Crippen LogP contribution in [0, 0.1) is 0 Å². The van der Waals surface area contributed by atoms with Gasteiger partial charge in [0, 0.05) is 0 Å². The van der Waals surface area contributed by atoms with E-state index in [1.165, 1.54) is 0 Å². The molecule has 1 heterocycles. The smallest absolute Gasteiger partial charge is 0.152 e. The quantitative estimate of drug-likeness (QED) is 0.366. The maximum absolute atomic E-state index is 9.99. The van der Waals surface area contributed by atoms with E-state index < -0.39 is 0 Å². The second kappa shape index (κ2) is 2.21. The van der Waals surface area contributed by atoms with Gasteiger partial charge in [0.25, 0.3) is 0 Å². The summed E-state index contributed by atoms with van der Waals surface area (Å²) in [4.78, 5) is 9.99. The van der Waals surface area contributed by atoms with Crippen LogP contribution in [0.25, 0.3) is 0 Å². The van der Waals surface area contributed by atoms with Crippen molar-refractivity contribution in [1.29, 1.82) is 0 Å². The minimum absolute atomic E-state index is 0.185. The topological polar surface area (TPSA) is 53.2 Å². The third-order valence-corrected chi connectivity index (χ3v) is 1.02. The molecule has 4 heteroatoms. The van der Waals surface area contributed by atoms with Gasteiger partial charge < -0.3 is 4.79 Å². The van der Waals surface area contributed by atoms with Gasteiger partial charge in [0.2, 0.25) is 0 Å². The lowest BCUT2D eigenvalue weighted by Gasteiger charge is -1.98. The minimum Gasteiger partial charge on any atom is -0.300 e. The van der Waals surface area contributed by atoms with Crippen LogP contribution in [-0.2, 0) is 4.79 Å². The van der Waals surface area contributed by atoms with E-state index in [9.17, 15) is 4.79 Å². The van der Waals surface area contributed by atoms with Gasteiger partial charge in [-0.05, 0) is 6.92 Å². The highest BCUT2D eigenvalue weighted by molar-refractivity contribution is 5.57. The number of carbonyl (C=O) groups is 1. The zero-order valence-electron chi connectivity index (χ0n) is 4.64. The van der Waals surface area contributed by atoms with Crippen LogP contribution in [0.3, 0.4) is 0 Å². The van der Waals surface area contributed by atoms with Crippen molar-refractivity contribution >= 4 is 6.29 Å². The first kappa shape index (κ1) is 5.68. The van der Waals surface area contributed by atoms with E-state index in [1.54, 1.807) is 0 Å². The van der Waals surface area contributed by atoms with Crippen LogP contribution in [0.2, 0.25) is 0 Å².